The van der Waals surface area contributed by atoms with E-state index in [4.69, 9.17) is 0 Å². The second-order valence-corrected chi connectivity index (χ2v) is 2.65. The van der Waals surface area contributed by atoms with Crippen molar-refractivity contribution in [1.82, 2.24) is 14.6 Å². The van der Waals surface area contributed by atoms with Crippen LogP contribution in [-0.4, -0.2) is 20.4 Å². The quantitative estimate of drug-likeness (QED) is 0.615. The van der Waals surface area contributed by atoms with Crippen LogP contribution in [0.1, 0.15) is 17.3 Å². The lowest BCUT2D eigenvalue weighted by Crippen LogP contribution is -1.95. The predicted octanol–water partition coefficient (Wildman–Crippen LogP) is 1.07. The van der Waals surface area contributed by atoms with Crippen LogP contribution in [-0.2, 0) is 0 Å². The molecule has 0 saturated heterocycles. The molecule has 0 amide bonds. The Morgan fingerprint density at radius 1 is 1.54 bits per heavy atom. The molecule has 0 aliphatic carbocycles. The van der Waals surface area contributed by atoms with Gasteiger partial charge < -0.3 is 0 Å². The minimum Gasteiger partial charge on any atom is -0.294 e. The van der Waals surface area contributed by atoms with E-state index in [2.05, 4.69) is 10.1 Å². The number of fused-ring (bicyclic) bond motifs is 1. The highest BCUT2D eigenvalue weighted by Crippen LogP contribution is 2.08. The summed E-state index contributed by atoms with van der Waals surface area (Å²) in [5.41, 5.74) is 0.786. The summed E-state index contributed by atoms with van der Waals surface area (Å²) < 4.78 is 13.9. The number of ketones is 1. The van der Waals surface area contributed by atoms with Crippen molar-refractivity contribution in [2.75, 3.05) is 0 Å². The molecule has 0 spiro atoms. The molecule has 2 heterocycles. The second-order valence-electron chi connectivity index (χ2n) is 2.65. The lowest BCUT2D eigenvalue weighted by atomic mass is 10.2. The fraction of sp³-hybridized carbons (Fsp3) is 0.125. The molecular formula is C8H6FN3O. The Morgan fingerprint density at radius 3 is 3.00 bits per heavy atom. The minimum atomic E-state index is -0.481. The van der Waals surface area contributed by atoms with Crippen molar-refractivity contribution in [3.05, 3.63) is 30.0 Å². The average molecular weight is 179 g/mol. The van der Waals surface area contributed by atoms with Gasteiger partial charge in [0.25, 0.3) is 0 Å². The van der Waals surface area contributed by atoms with E-state index in [9.17, 15) is 9.18 Å². The van der Waals surface area contributed by atoms with E-state index in [0.29, 0.717) is 11.2 Å². The average Bonchev–Trinajstić information content (AvgIpc) is 2.46. The van der Waals surface area contributed by atoms with Gasteiger partial charge in [0.05, 0.1) is 24.2 Å². The van der Waals surface area contributed by atoms with Crippen LogP contribution in [0.4, 0.5) is 4.39 Å². The SMILES string of the molecule is CC(=O)c1cnn2cc(F)cnc12. The molecule has 0 bridgehead atoms. The third-order valence-electron chi connectivity index (χ3n) is 1.70. The van der Waals surface area contributed by atoms with Crippen LogP contribution in [0.25, 0.3) is 5.65 Å². The third-order valence-corrected chi connectivity index (χ3v) is 1.70. The second kappa shape index (κ2) is 2.62. The topological polar surface area (TPSA) is 47.3 Å². The summed E-state index contributed by atoms with van der Waals surface area (Å²) in [6, 6.07) is 0. The van der Waals surface area contributed by atoms with Crippen molar-refractivity contribution in [2.24, 2.45) is 0 Å². The first-order valence-corrected chi connectivity index (χ1v) is 3.68. The molecule has 66 valence electrons. The van der Waals surface area contributed by atoms with Crippen molar-refractivity contribution in [3.63, 3.8) is 0 Å². The largest absolute Gasteiger partial charge is 0.294 e. The molecule has 0 radical (unpaired) electrons. The number of Topliss-reactive ketones (excluding diaryl/α,β-unsaturated/α-hetero) is 1. The number of nitrogens with zero attached hydrogens (tertiary/aromatic N) is 3. The van der Waals surface area contributed by atoms with Crippen LogP contribution in [0.5, 0.6) is 0 Å². The van der Waals surface area contributed by atoms with Crippen LogP contribution in [0.2, 0.25) is 0 Å². The first-order valence-electron chi connectivity index (χ1n) is 3.68. The third kappa shape index (κ3) is 1.18. The van der Waals surface area contributed by atoms with Gasteiger partial charge in [0.15, 0.2) is 17.2 Å². The van der Waals surface area contributed by atoms with Gasteiger partial charge in [0.2, 0.25) is 0 Å². The fourth-order valence-electron chi connectivity index (χ4n) is 1.10. The zero-order chi connectivity index (χ0) is 9.42. The minimum absolute atomic E-state index is 0.130. The molecule has 0 saturated carbocycles. The van der Waals surface area contributed by atoms with Gasteiger partial charge >= 0.3 is 0 Å². The molecule has 2 aromatic rings. The lowest BCUT2D eigenvalue weighted by Gasteiger charge is -1.92. The van der Waals surface area contributed by atoms with E-state index >= 15 is 0 Å². The molecule has 0 unspecified atom stereocenters. The molecule has 4 nitrogen and oxygen atoms in total. The summed E-state index contributed by atoms with van der Waals surface area (Å²) in [6.45, 7) is 1.42. The Hall–Kier alpha value is -1.78. The van der Waals surface area contributed by atoms with Crippen molar-refractivity contribution >= 4 is 11.4 Å². The summed E-state index contributed by atoms with van der Waals surface area (Å²) >= 11 is 0. The number of hydrogen-bond donors (Lipinski definition) is 0. The maximum Gasteiger partial charge on any atom is 0.165 e. The normalized spacial score (nSPS) is 10.6. The Labute approximate surface area is 73.0 Å². The van der Waals surface area contributed by atoms with Crippen molar-refractivity contribution < 1.29 is 9.18 Å². The maximum absolute atomic E-state index is 12.6. The van der Waals surface area contributed by atoms with Crippen LogP contribution in [0.3, 0.4) is 0 Å². The van der Waals surface area contributed by atoms with Crippen molar-refractivity contribution in [2.45, 2.75) is 6.92 Å². The van der Waals surface area contributed by atoms with Gasteiger partial charge in [-0.1, -0.05) is 0 Å². The van der Waals surface area contributed by atoms with Crippen LogP contribution in [0, 0.1) is 5.82 Å². The number of carbonyl (C=O) groups excluding carboxylic acids is 1. The van der Waals surface area contributed by atoms with Gasteiger partial charge in [-0.25, -0.2) is 13.9 Å². The standard InChI is InChI=1S/C8H6FN3O/c1-5(13)7-3-11-12-4-6(9)2-10-8(7)12/h2-4H,1H3. The van der Waals surface area contributed by atoms with Gasteiger partial charge in [-0.15, -0.1) is 0 Å². The highest BCUT2D eigenvalue weighted by Gasteiger charge is 2.09. The van der Waals surface area contributed by atoms with Gasteiger partial charge in [-0.05, 0) is 6.92 Å². The Kier molecular flexibility index (Phi) is 1.58. The molecule has 0 aromatic carbocycles. The molecule has 2 aromatic heterocycles. The molecule has 0 fully saturated rings. The molecule has 0 atom stereocenters. The first kappa shape index (κ1) is 7.85. The number of carbonyl (C=O) groups is 1. The van der Waals surface area contributed by atoms with Crippen molar-refractivity contribution in [1.29, 1.82) is 0 Å². The zero-order valence-electron chi connectivity index (χ0n) is 6.86. The summed E-state index contributed by atoms with van der Waals surface area (Å²) in [7, 11) is 0. The highest BCUT2D eigenvalue weighted by molar-refractivity contribution is 5.99. The highest BCUT2D eigenvalue weighted by atomic mass is 19.1. The van der Waals surface area contributed by atoms with E-state index in [1.165, 1.54) is 23.8 Å². The zero-order valence-corrected chi connectivity index (χ0v) is 6.86. The maximum atomic E-state index is 12.6. The number of halogens is 1. The molecular weight excluding hydrogens is 173 g/mol. The Morgan fingerprint density at radius 2 is 2.31 bits per heavy atom. The van der Waals surface area contributed by atoms with E-state index in [1.54, 1.807) is 0 Å². The molecule has 5 heteroatoms. The summed E-state index contributed by atoms with van der Waals surface area (Å²) in [4.78, 5) is 14.8. The molecule has 13 heavy (non-hydrogen) atoms. The van der Waals surface area contributed by atoms with Gasteiger partial charge in [0, 0.05) is 0 Å². The van der Waals surface area contributed by atoms with E-state index in [0.717, 1.165) is 6.20 Å². The first-order chi connectivity index (χ1) is 6.18. The molecule has 0 aliphatic rings. The van der Waals surface area contributed by atoms with E-state index in [-0.39, 0.29) is 5.78 Å². The lowest BCUT2D eigenvalue weighted by molar-refractivity contribution is 0.101. The van der Waals surface area contributed by atoms with E-state index in [1.807, 2.05) is 0 Å². The number of aromatic nitrogens is 3. The monoisotopic (exact) mass is 179 g/mol. The van der Waals surface area contributed by atoms with Crippen molar-refractivity contribution in [3.8, 4) is 0 Å². The van der Waals surface area contributed by atoms with Crippen LogP contribution < -0.4 is 0 Å². The smallest absolute Gasteiger partial charge is 0.165 e. The van der Waals surface area contributed by atoms with Gasteiger partial charge in [-0.2, -0.15) is 5.10 Å². The van der Waals surface area contributed by atoms with Gasteiger partial charge in [0.1, 0.15) is 0 Å². The Balaban J connectivity index is 2.76. The molecule has 0 N–H and O–H groups in total. The molecule has 2 rings (SSSR count). The predicted molar refractivity (Wildman–Crippen MR) is 42.9 cm³/mol. The number of hydrogen-bond acceptors (Lipinski definition) is 3. The summed E-state index contributed by atoms with van der Waals surface area (Å²) in [5.74, 6) is -0.611. The fourth-order valence-corrected chi connectivity index (χ4v) is 1.10. The van der Waals surface area contributed by atoms with Crippen LogP contribution >= 0.6 is 0 Å². The summed E-state index contributed by atoms with van der Waals surface area (Å²) in [6.07, 6.45) is 3.61. The van der Waals surface area contributed by atoms with Crippen LogP contribution in [0.15, 0.2) is 18.6 Å². The van der Waals surface area contributed by atoms with Gasteiger partial charge in [-0.3, -0.25) is 4.79 Å². The number of rotatable bonds is 1. The molecule has 0 aliphatic heterocycles. The summed E-state index contributed by atoms with van der Waals surface area (Å²) in [5, 5.41) is 3.79. The Bertz CT molecular complexity index is 477. The van der Waals surface area contributed by atoms with E-state index < -0.39 is 5.82 Å².